The van der Waals surface area contributed by atoms with Crippen molar-refractivity contribution in [3.8, 4) is 0 Å². The summed E-state index contributed by atoms with van der Waals surface area (Å²) in [6.45, 7) is 4.35. The SMILES string of the molecule is CN1CCN(c2ccc3c(c2)N(Cc2ccccc2Cl)C(=O)C3=N)CC1. The molecule has 134 valence electrons. The molecule has 26 heavy (non-hydrogen) atoms. The van der Waals surface area contributed by atoms with Crippen LogP contribution in [-0.2, 0) is 11.3 Å². The summed E-state index contributed by atoms with van der Waals surface area (Å²) in [6, 6.07) is 13.5. The number of halogens is 1. The Labute approximate surface area is 158 Å². The molecule has 0 radical (unpaired) electrons. The van der Waals surface area contributed by atoms with E-state index >= 15 is 0 Å². The number of hydrogen-bond donors (Lipinski definition) is 1. The summed E-state index contributed by atoms with van der Waals surface area (Å²) in [5.41, 5.74) is 3.53. The number of anilines is 2. The number of nitrogens with one attached hydrogen (secondary N) is 1. The second-order valence-corrected chi connectivity index (χ2v) is 7.26. The average Bonchev–Trinajstić information content (AvgIpc) is 2.88. The lowest BCUT2D eigenvalue weighted by atomic mass is 10.1. The maximum absolute atomic E-state index is 12.6. The van der Waals surface area contributed by atoms with Crippen LogP contribution in [0.3, 0.4) is 0 Å². The highest BCUT2D eigenvalue weighted by molar-refractivity contribution is 6.53. The van der Waals surface area contributed by atoms with Crippen LogP contribution in [0.1, 0.15) is 11.1 Å². The first-order valence-corrected chi connectivity index (χ1v) is 9.14. The Balaban J connectivity index is 1.66. The second-order valence-electron chi connectivity index (χ2n) is 6.85. The second kappa shape index (κ2) is 6.74. The summed E-state index contributed by atoms with van der Waals surface area (Å²) in [7, 11) is 2.13. The van der Waals surface area contributed by atoms with Gasteiger partial charge in [0.05, 0.1) is 12.2 Å². The maximum Gasteiger partial charge on any atom is 0.277 e. The molecule has 1 N–H and O–H groups in total. The van der Waals surface area contributed by atoms with Gasteiger partial charge in [-0.15, -0.1) is 0 Å². The van der Waals surface area contributed by atoms with E-state index in [0.29, 0.717) is 17.1 Å². The molecular formula is C20H21ClN4O. The third kappa shape index (κ3) is 2.97. The summed E-state index contributed by atoms with van der Waals surface area (Å²) in [4.78, 5) is 19.0. The van der Waals surface area contributed by atoms with E-state index in [1.807, 2.05) is 42.5 Å². The molecule has 0 spiro atoms. The predicted octanol–water partition coefficient (Wildman–Crippen LogP) is 3.01. The van der Waals surface area contributed by atoms with Gasteiger partial charge in [-0.1, -0.05) is 29.8 Å². The Morgan fingerprint density at radius 3 is 2.54 bits per heavy atom. The summed E-state index contributed by atoms with van der Waals surface area (Å²) in [5, 5.41) is 8.82. The molecule has 2 heterocycles. The standard InChI is InChI=1S/C20H21ClN4O/c1-23-8-10-24(11-9-23)15-6-7-16-18(12-15)25(20(26)19(16)22)13-14-4-2-3-5-17(14)21/h2-7,12,22H,8-11,13H2,1H3. The highest BCUT2D eigenvalue weighted by Crippen LogP contribution is 2.35. The predicted molar refractivity (Wildman–Crippen MR) is 106 cm³/mol. The third-order valence-electron chi connectivity index (χ3n) is 5.16. The lowest BCUT2D eigenvalue weighted by Crippen LogP contribution is -2.44. The van der Waals surface area contributed by atoms with Crippen molar-refractivity contribution in [2.24, 2.45) is 0 Å². The molecule has 0 saturated carbocycles. The zero-order valence-electron chi connectivity index (χ0n) is 14.7. The van der Waals surface area contributed by atoms with Crippen molar-refractivity contribution in [3.05, 3.63) is 58.6 Å². The smallest absolute Gasteiger partial charge is 0.277 e. The van der Waals surface area contributed by atoms with Crippen LogP contribution in [-0.4, -0.2) is 49.7 Å². The number of piperazine rings is 1. The molecule has 1 fully saturated rings. The van der Waals surface area contributed by atoms with Crippen LogP contribution in [0.5, 0.6) is 0 Å². The van der Waals surface area contributed by atoms with E-state index in [-0.39, 0.29) is 11.6 Å². The van der Waals surface area contributed by atoms with E-state index in [4.69, 9.17) is 17.0 Å². The quantitative estimate of drug-likeness (QED) is 0.906. The molecule has 0 aliphatic carbocycles. The van der Waals surface area contributed by atoms with Gasteiger partial charge in [-0.3, -0.25) is 10.2 Å². The molecule has 5 nitrogen and oxygen atoms in total. The minimum Gasteiger partial charge on any atom is -0.369 e. The van der Waals surface area contributed by atoms with Crippen molar-refractivity contribution in [1.29, 1.82) is 5.41 Å². The van der Waals surface area contributed by atoms with Gasteiger partial charge in [0, 0.05) is 42.5 Å². The molecule has 6 heteroatoms. The van der Waals surface area contributed by atoms with Crippen molar-refractivity contribution in [1.82, 2.24) is 4.90 Å². The third-order valence-corrected chi connectivity index (χ3v) is 5.52. The van der Waals surface area contributed by atoms with E-state index in [2.05, 4.69) is 16.8 Å². The topological polar surface area (TPSA) is 50.6 Å². The van der Waals surface area contributed by atoms with Crippen LogP contribution < -0.4 is 9.80 Å². The van der Waals surface area contributed by atoms with Crippen molar-refractivity contribution in [2.45, 2.75) is 6.54 Å². The van der Waals surface area contributed by atoms with Gasteiger partial charge in [-0.2, -0.15) is 0 Å². The van der Waals surface area contributed by atoms with Crippen LogP contribution in [0.2, 0.25) is 5.02 Å². The minimum atomic E-state index is -0.268. The summed E-state index contributed by atoms with van der Waals surface area (Å²) < 4.78 is 0. The molecule has 4 rings (SSSR count). The first-order chi connectivity index (χ1) is 12.5. The largest absolute Gasteiger partial charge is 0.369 e. The van der Waals surface area contributed by atoms with Gasteiger partial charge < -0.3 is 14.7 Å². The van der Waals surface area contributed by atoms with Crippen LogP contribution in [0, 0.1) is 5.41 Å². The Bertz CT molecular complexity index is 874. The Morgan fingerprint density at radius 2 is 1.81 bits per heavy atom. The van der Waals surface area contributed by atoms with E-state index in [0.717, 1.165) is 43.1 Å². The maximum atomic E-state index is 12.6. The van der Waals surface area contributed by atoms with Crippen LogP contribution in [0.4, 0.5) is 11.4 Å². The zero-order chi connectivity index (χ0) is 18.3. The summed E-state index contributed by atoms with van der Waals surface area (Å²) in [6.07, 6.45) is 0. The van der Waals surface area contributed by atoms with Gasteiger partial charge in [0.15, 0.2) is 0 Å². The highest BCUT2D eigenvalue weighted by Gasteiger charge is 2.33. The summed E-state index contributed by atoms with van der Waals surface area (Å²) >= 11 is 6.28. The Morgan fingerprint density at radius 1 is 1.08 bits per heavy atom. The first-order valence-electron chi connectivity index (χ1n) is 8.76. The van der Waals surface area contributed by atoms with Crippen molar-refractivity contribution in [3.63, 3.8) is 0 Å². The summed E-state index contributed by atoms with van der Waals surface area (Å²) in [5.74, 6) is -0.268. The van der Waals surface area contributed by atoms with Crippen LogP contribution >= 0.6 is 11.6 Å². The number of nitrogens with zero attached hydrogens (tertiary/aromatic N) is 3. The number of rotatable bonds is 3. The number of benzene rings is 2. The Hall–Kier alpha value is -2.37. The number of fused-ring (bicyclic) bond motifs is 1. The zero-order valence-corrected chi connectivity index (χ0v) is 15.5. The first kappa shape index (κ1) is 17.1. The van der Waals surface area contributed by atoms with Crippen molar-refractivity contribution in [2.75, 3.05) is 43.0 Å². The number of likely N-dealkylation sites (N-methyl/N-ethyl adjacent to an activating group) is 1. The van der Waals surface area contributed by atoms with Gasteiger partial charge >= 0.3 is 0 Å². The Kier molecular flexibility index (Phi) is 4.42. The molecule has 2 aliphatic rings. The van der Waals surface area contributed by atoms with E-state index in [1.165, 1.54) is 0 Å². The molecule has 0 atom stereocenters. The molecular weight excluding hydrogens is 348 g/mol. The lowest BCUT2D eigenvalue weighted by Gasteiger charge is -2.34. The van der Waals surface area contributed by atoms with Gasteiger partial charge in [0.25, 0.3) is 5.91 Å². The highest BCUT2D eigenvalue weighted by atomic mass is 35.5. The molecule has 1 saturated heterocycles. The fourth-order valence-corrected chi connectivity index (χ4v) is 3.73. The van der Waals surface area contributed by atoms with E-state index in [9.17, 15) is 4.79 Å². The average molecular weight is 369 g/mol. The number of hydrogen-bond acceptors (Lipinski definition) is 4. The molecule has 2 aromatic carbocycles. The minimum absolute atomic E-state index is 0.0528. The van der Waals surface area contributed by atoms with Gasteiger partial charge in [-0.05, 0) is 36.9 Å². The molecule has 0 unspecified atom stereocenters. The van der Waals surface area contributed by atoms with Crippen molar-refractivity contribution < 1.29 is 4.79 Å². The molecule has 0 bridgehead atoms. The molecule has 2 aromatic rings. The molecule has 2 aliphatic heterocycles. The normalized spacial score (nSPS) is 17.8. The molecule has 1 amide bonds. The van der Waals surface area contributed by atoms with E-state index in [1.54, 1.807) is 4.90 Å². The fraction of sp³-hybridized carbons (Fsp3) is 0.300. The molecule has 0 aromatic heterocycles. The number of amides is 1. The lowest BCUT2D eigenvalue weighted by molar-refractivity contribution is -0.112. The van der Waals surface area contributed by atoms with Crippen LogP contribution in [0.25, 0.3) is 0 Å². The monoisotopic (exact) mass is 368 g/mol. The van der Waals surface area contributed by atoms with E-state index < -0.39 is 0 Å². The number of carbonyl (C=O) groups excluding carboxylic acids is 1. The van der Waals surface area contributed by atoms with Gasteiger partial charge in [-0.25, -0.2) is 0 Å². The van der Waals surface area contributed by atoms with Gasteiger partial charge in [0.2, 0.25) is 0 Å². The van der Waals surface area contributed by atoms with Crippen molar-refractivity contribution >= 4 is 34.6 Å². The van der Waals surface area contributed by atoms with Gasteiger partial charge in [0.1, 0.15) is 5.71 Å². The fourth-order valence-electron chi connectivity index (χ4n) is 3.53. The van der Waals surface area contributed by atoms with Crippen LogP contribution in [0.15, 0.2) is 42.5 Å². The number of carbonyl (C=O) groups is 1.